The standard InChI is InChI=1S/C18H22N2O5/c1-24-17-5-3-2-4-13(17)16(22)11-20-8-9-25-12-6-7-15(21)14(10-12)18(19)23/h2-7,10,16,20-22H,8-9,11H2,1H3,(H2,19,23). The molecular formula is C18H22N2O5. The highest BCUT2D eigenvalue weighted by Crippen LogP contribution is 2.24. The Bertz CT molecular complexity index is 720. The molecule has 0 heterocycles. The van der Waals surface area contributed by atoms with Crippen molar-refractivity contribution in [2.45, 2.75) is 6.10 Å². The zero-order chi connectivity index (χ0) is 18.2. The van der Waals surface area contributed by atoms with Crippen LogP contribution in [0.1, 0.15) is 22.0 Å². The van der Waals surface area contributed by atoms with Crippen LogP contribution < -0.4 is 20.5 Å². The van der Waals surface area contributed by atoms with Gasteiger partial charge in [-0.25, -0.2) is 0 Å². The van der Waals surface area contributed by atoms with Crippen LogP contribution in [-0.2, 0) is 0 Å². The van der Waals surface area contributed by atoms with E-state index in [9.17, 15) is 15.0 Å². The Morgan fingerprint density at radius 2 is 2.04 bits per heavy atom. The van der Waals surface area contributed by atoms with Crippen molar-refractivity contribution in [1.82, 2.24) is 5.32 Å². The van der Waals surface area contributed by atoms with Gasteiger partial charge in [-0.05, 0) is 24.3 Å². The Hall–Kier alpha value is -2.77. The third-order valence-corrected chi connectivity index (χ3v) is 3.62. The maximum absolute atomic E-state index is 11.2. The molecule has 25 heavy (non-hydrogen) atoms. The number of methoxy groups -OCH3 is 1. The van der Waals surface area contributed by atoms with E-state index in [1.54, 1.807) is 19.2 Å². The van der Waals surface area contributed by atoms with Crippen LogP contribution in [0.4, 0.5) is 0 Å². The maximum atomic E-state index is 11.2. The van der Waals surface area contributed by atoms with Crippen LogP contribution in [0.15, 0.2) is 42.5 Å². The van der Waals surface area contributed by atoms with Crippen molar-refractivity contribution in [2.24, 2.45) is 5.73 Å². The molecule has 2 aromatic carbocycles. The molecule has 0 bridgehead atoms. The second kappa shape index (κ2) is 8.91. The molecule has 0 radical (unpaired) electrons. The third kappa shape index (κ3) is 5.10. The normalized spacial score (nSPS) is 11.8. The average molecular weight is 346 g/mol. The van der Waals surface area contributed by atoms with Crippen LogP contribution in [-0.4, -0.2) is 42.9 Å². The van der Waals surface area contributed by atoms with Gasteiger partial charge in [-0.1, -0.05) is 18.2 Å². The van der Waals surface area contributed by atoms with Crippen molar-refractivity contribution >= 4 is 5.91 Å². The number of para-hydroxylation sites is 1. The van der Waals surface area contributed by atoms with Crippen LogP contribution in [0.3, 0.4) is 0 Å². The Balaban J connectivity index is 1.78. The second-order valence-corrected chi connectivity index (χ2v) is 5.35. The van der Waals surface area contributed by atoms with Gasteiger partial charge in [-0.15, -0.1) is 0 Å². The van der Waals surface area contributed by atoms with Gasteiger partial charge in [0.1, 0.15) is 23.9 Å². The summed E-state index contributed by atoms with van der Waals surface area (Å²) < 4.78 is 10.7. The van der Waals surface area contributed by atoms with E-state index in [4.69, 9.17) is 15.2 Å². The number of aliphatic hydroxyl groups excluding tert-OH is 1. The Morgan fingerprint density at radius 1 is 1.28 bits per heavy atom. The van der Waals surface area contributed by atoms with Crippen LogP contribution in [0.2, 0.25) is 0 Å². The number of amides is 1. The minimum absolute atomic E-state index is 0.0112. The molecule has 0 saturated heterocycles. The predicted octanol–water partition coefficient (Wildman–Crippen LogP) is 1.20. The van der Waals surface area contributed by atoms with Gasteiger partial charge < -0.3 is 30.7 Å². The van der Waals surface area contributed by atoms with Crippen molar-refractivity contribution in [2.75, 3.05) is 26.8 Å². The molecule has 0 saturated carbocycles. The van der Waals surface area contributed by atoms with Gasteiger partial charge in [0, 0.05) is 18.7 Å². The molecule has 0 fully saturated rings. The highest BCUT2D eigenvalue weighted by Gasteiger charge is 2.12. The number of rotatable bonds is 9. The number of aromatic hydroxyl groups is 1. The fraction of sp³-hybridized carbons (Fsp3) is 0.278. The molecule has 0 spiro atoms. The number of hydrogen-bond acceptors (Lipinski definition) is 6. The summed E-state index contributed by atoms with van der Waals surface area (Å²) in [7, 11) is 1.56. The van der Waals surface area contributed by atoms with Gasteiger partial charge >= 0.3 is 0 Å². The van der Waals surface area contributed by atoms with Crippen LogP contribution in [0.5, 0.6) is 17.2 Å². The molecule has 7 nitrogen and oxygen atoms in total. The van der Waals surface area contributed by atoms with Gasteiger partial charge in [0.2, 0.25) is 0 Å². The van der Waals surface area contributed by atoms with Gasteiger partial charge in [-0.3, -0.25) is 4.79 Å². The summed E-state index contributed by atoms with van der Waals surface area (Å²) >= 11 is 0. The number of nitrogens with one attached hydrogen (secondary N) is 1. The lowest BCUT2D eigenvalue weighted by Gasteiger charge is -2.15. The summed E-state index contributed by atoms with van der Waals surface area (Å²) in [4.78, 5) is 11.2. The van der Waals surface area contributed by atoms with Crippen LogP contribution >= 0.6 is 0 Å². The van der Waals surface area contributed by atoms with Crippen molar-refractivity contribution in [3.8, 4) is 17.2 Å². The Kier molecular flexibility index (Phi) is 6.62. The number of phenols is 1. The summed E-state index contributed by atoms with van der Waals surface area (Å²) in [5.41, 5.74) is 5.89. The molecule has 1 amide bonds. The molecule has 0 aromatic heterocycles. The number of ether oxygens (including phenoxy) is 2. The van der Waals surface area contributed by atoms with E-state index in [1.165, 1.54) is 12.1 Å². The molecule has 0 aliphatic carbocycles. The SMILES string of the molecule is COc1ccccc1C(O)CNCCOc1ccc(O)c(C(N)=O)c1. The molecule has 1 unspecified atom stereocenters. The monoisotopic (exact) mass is 346 g/mol. The zero-order valence-electron chi connectivity index (χ0n) is 13.9. The number of benzene rings is 2. The average Bonchev–Trinajstić information content (AvgIpc) is 2.62. The Labute approximate surface area is 146 Å². The van der Waals surface area contributed by atoms with Gasteiger partial charge in [0.25, 0.3) is 5.91 Å². The predicted molar refractivity (Wildman–Crippen MR) is 92.9 cm³/mol. The lowest BCUT2D eigenvalue weighted by atomic mass is 10.1. The first-order valence-electron chi connectivity index (χ1n) is 7.80. The van der Waals surface area contributed by atoms with Crippen LogP contribution in [0.25, 0.3) is 0 Å². The second-order valence-electron chi connectivity index (χ2n) is 5.35. The molecule has 134 valence electrons. The van der Waals surface area contributed by atoms with Gasteiger partial charge in [0.15, 0.2) is 0 Å². The van der Waals surface area contributed by atoms with E-state index in [1.807, 2.05) is 18.2 Å². The van der Waals surface area contributed by atoms with Crippen LogP contribution in [0, 0.1) is 0 Å². The number of aliphatic hydroxyl groups is 1. The number of nitrogens with two attached hydrogens (primary N) is 1. The molecular weight excluding hydrogens is 324 g/mol. The topological polar surface area (TPSA) is 114 Å². The largest absolute Gasteiger partial charge is 0.507 e. The van der Waals surface area contributed by atoms with Crippen molar-refractivity contribution in [3.05, 3.63) is 53.6 Å². The lowest BCUT2D eigenvalue weighted by molar-refractivity contribution is 0.0997. The van der Waals surface area contributed by atoms with Gasteiger partial charge in [-0.2, -0.15) is 0 Å². The molecule has 0 aliphatic heterocycles. The first kappa shape index (κ1) is 18.6. The first-order valence-corrected chi connectivity index (χ1v) is 7.80. The third-order valence-electron chi connectivity index (χ3n) is 3.62. The molecule has 2 aromatic rings. The number of primary amides is 1. The molecule has 5 N–H and O–H groups in total. The van der Waals surface area contributed by atoms with E-state index in [2.05, 4.69) is 5.32 Å². The zero-order valence-corrected chi connectivity index (χ0v) is 13.9. The summed E-state index contributed by atoms with van der Waals surface area (Å²) in [5, 5.41) is 22.8. The van der Waals surface area contributed by atoms with Crippen molar-refractivity contribution < 1.29 is 24.5 Å². The van der Waals surface area contributed by atoms with E-state index in [-0.39, 0.29) is 11.3 Å². The smallest absolute Gasteiger partial charge is 0.252 e. The fourth-order valence-electron chi connectivity index (χ4n) is 2.33. The van der Waals surface area contributed by atoms with Crippen molar-refractivity contribution in [1.29, 1.82) is 0 Å². The van der Waals surface area contributed by atoms with E-state index < -0.39 is 12.0 Å². The summed E-state index contributed by atoms with van der Waals surface area (Å²) in [6.45, 7) is 1.15. The van der Waals surface area contributed by atoms with E-state index >= 15 is 0 Å². The molecule has 0 aliphatic rings. The maximum Gasteiger partial charge on any atom is 0.252 e. The number of carbonyl (C=O) groups excluding carboxylic acids is 1. The van der Waals surface area contributed by atoms with Crippen molar-refractivity contribution in [3.63, 3.8) is 0 Å². The number of carbonyl (C=O) groups is 1. The van der Waals surface area contributed by atoms with Gasteiger partial charge in [0.05, 0.1) is 18.8 Å². The fourth-order valence-corrected chi connectivity index (χ4v) is 2.33. The molecule has 2 rings (SSSR count). The summed E-state index contributed by atoms with van der Waals surface area (Å²) in [6.07, 6.45) is -0.703. The molecule has 1 atom stereocenters. The minimum atomic E-state index is -0.721. The Morgan fingerprint density at radius 3 is 2.76 bits per heavy atom. The van der Waals surface area contributed by atoms with E-state index in [0.717, 1.165) is 0 Å². The first-order chi connectivity index (χ1) is 12.0. The highest BCUT2D eigenvalue weighted by molar-refractivity contribution is 5.95. The quantitative estimate of drug-likeness (QED) is 0.507. The number of hydrogen-bond donors (Lipinski definition) is 4. The minimum Gasteiger partial charge on any atom is -0.507 e. The summed E-state index contributed by atoms with van der Waals surface area (Å²) in [6, 6.07) is 11.6. The summed E-state index contributed by atoms with van der Waals surface area (Å²) in [5.74, 6) is 0.161. The molecule has 7 heteroatoms. The van der Waals surface area contributed by atoms with E-state index in [0.29, 0.717) is 36.8 Å². The highest BCUT2D eigenvalue weighted by atomic mass is 16.5. The lowest BCUT2D eigenvalue weighted by Crippen LogP contribution is -2.26.